The number of nitrogens with two attached hydrogens (primary N) is 1. The molecule has 1 aliphatic carbocycles. The van der Waals surface area contributed by atoms with E-state index in [9.17, 15) is 31.5 Å². The fraction of sp³-hybridized carbons (Fsp3) is 0.345. The Hall–Kier alpha value is -4.37. The van der Waals surface area contributed by atoms with Crippen molar-refractivity contribution in [2.45, 2.75) is 51.2 Å². The summed E-state index contributed by atoms with van der Waals surface area (Å²) in [5.41, 5.74) is 7.02. The highest BCUT2D eigenvalue weighted by molar-refractivity contribution is 6.30. The topological polar surface area (TPSA) is 125 Å². The summed E-state index contributed by atoms with van der Waals surface area (Å²) < 4.78 is 78.3. The number of nitrogens with zero attached hydrogens (tertiary/aromatic N) is 5. The molecule has 1 saturated carbocycles. The van der Waals surface area contributed by atoms with Gasteiger partial charge in [-0.1, -0.05) is 17.7 Å². The number of hydrogen-bond acceptors (Lipinski definition) is 7. The number of carbonyl (C=O) groups excluding carboxylic acids is 2. The lowest BCUT2D eigenvalue weighted by Crippen LogP contribution is -2.50. The highest BCUT2D eigenvalue weighted by atomic mass is 35.5. The molecule has 16 heteroatoms. The highest BCUT2D eigenvalue weighted by Crippen LogP contribution is 2.45. The van der Waals surface area contributed by atoms with E-state index in [0.717, 1.165) is 17.7 Å². The van der Waals surface area contributed by atoms with Crippen LogP contribution in [0, 0.1) is 5.92 Å². The summed E-state index contributed by atoms with van der Waals surface area (Å²) in [6.45, 7) is 0.377. The zero-order chi connectivity index (χ0) is 32.3. The summed E-state index contributed by atoms with van der Waals surface area (Å²) in [6, 6.07) is 6.19. The van der Waals surface area contributed by atoms with Crippen LogP contribution in [0.25, 0.3) is 22.2 Å². The molecule has 4 heterocycles. The minimum atomic E-state index is -4.86. The first-order valence-electron chi connectivity index (χ1n) is 13.8. The van der Waals surface area contributed by atoms with Gasteiger partial charge in [-0.3, -0.25) is 24.2 Å². The van der Waals surface area contributed by atoms with E-state index in [4.69, 9.17) is 22.1 Å². The van der Waals surface area contributed by atoms with E-state index in [1.807, 2.05) is 0 Å². The summed E-state index contributed by atoms with van der Waals surface area (Å²) in [6.07, 6.45) is -4.33. The Morgan fingerprint density at radius 2 is 1.98 bits per heavy atom. The van der Waals surface area contributed by atoms with Crippen LogP contribution in [0.4, 0.5) is 27.6 Å². The summed E-state index contributed by atoms with van der Waals surface area (Å²) in [7, 11) is 0. The number of hydrogen-bond donors (Lipinski definition) is 1. The normalized spacial score (nSPS) is 16.9. The monoisotopic (exact) mass is 650 g/mol. The number of anilines is 1. The van der Waals surface area contributed by atoms with E-state index < -0.39 is 36.9 Å². The van der Waals surface area contributed by atoms with E-state index in [1.54, 1.807) is 0 Å². The number of fused-ring (bicyclic) bond motifs is 2. The number of carbonyl (C=O) groups is 2. The second-order valence-electron chi connectivity index (χ2n) is 10.9. The summed E-state index contributed by atoms with van der Waals surface area (Å²) in [5, 5.41) is 4.80. The van der Waals surface area contributed by atoms with Gasteiger partial charge in [0.25, 0.3) is 5.91 Å². The van der Waals surface area contributed by atoms with E-state index in [-0.39, 0.29) is 57.3 Å². The average Bonchev–Trinajstić information content (AvgIpc) is 3.69. The minimum Gasteiger partial charge on any atom is -0.423 e. The molecule has 1 fully saturated rings. The number of pyridine rings is 2. The molecule has 1 aliphatic heterocycles. The number of primary amides is 1. The van der Waals surface area contributed by atoms with Crippen molar-refractivity contribution in [3.05, 3.63) is 64.7 Å². The molecule has 1 aromatic carbocycles. The maximum absolute atomic E-state index is 14.9. The number of rotatable bonds is 9. The van der Waals surface area contributed by atoms with Crippen LogP contribution < -0.4 is 15.4 Å². The van der Waals surface area contributed by atoms with Crippen molar-refractivity contribution in [3.63, 3.8) is 0 Å². The Labute approximate surface area is 256 Å². The van der Waals surface area contributed by atoms with Gasteiger partial charge in [0, 0.05) is 17.1 Å². The molecule has 10 nitrogen and oxygen atoms in total. The molecule has 236 valence electrons. The number of halogens is 6. The maximum atomic E-state index is 14.9. The van der Waals surface area contributed by atoms with Crippen molar-refractivity contribution in [1.82, 2.24) is 19.7 Å². The van der Waals surface area contributed by atoms with Crippen LogP contribution in [0.2, 0.25) is 5.02 Å². The number of amides is 2. The van der Waals surface area contributed by atoms with E-state index in [2.05, 4.69) is 19.8 Å². The van der Waals surface area contributed by atoms with Gasteiger partial charge in [0.05, 0.1) is 53.1 Å². The lowest BCUT2D eigenvalue weighted by atomic mass is 9.93. The third-order valence-electron chi connectivity index (χ3n) is 7.53. The first-order valence-corrected chi connectivity index (χ1v) is 14.1. The third-order valence-corrected chi connectivity index (χ3v) is 7.75. The molecule has 6 rings (SSSR count). The SMILES string of the molecule is C[C@@H](COC(F)(F)F)n1ncc2c(-c3ccc4c(c3)OC(F)(F)C(=O)N4Cc3ccc(Cl)cn3)c(C(N)=O)c(CC3CC3)nc21. The molecule has 2 amide bonds. The van der Waals surface area contributed by atoms with Gasteiger partial charge in [-0.15, -0.1) is 13.2 Å². The predicted molar refractivity (Wildman–Crippen MR) is 151 cm³/mol. The number of aromatic nitrogens is 4. The van der Waals surface area contributed by atoms with Crippen molar-refractivity contribution in [1.29, 1.82) is 0 Å². The smallest absolute Gasteiger partial charge is 0.423 e. The first kappa shape index (κ1) is 30.6. The highest BCUT2D eigenvalue weighted by Gasteiger charge is 2.50. The third kappa shape index (κ3) is 6.14. The lowest BCUT2D eigenvalue weighted by molar-refractivity contribution is -0.327. The minimum absolute atomic E-state index is 0.0178. The molecule has 0 unspecified atom stereocenters. The molecule has 0 bridgehead atoms. The fourth-order valence-electron chi connectivity index (χ4n) is 5.26. The van der Waals surface area contributed by atoms with Gasteiger partial charge in [0.2, 0.25) is 0 Å². The molecular weight excluding hydrogens is 627 g/mol. The van der Waals surface area contributed by atoms with Crippen molar-refractivity contribution >= 4 is 40.1 Å². The maximum Gasteiger partial charge on any atom is 0.522 e. The van der Waals surface area contributed by atoms with Crippen LogP contribution in [0.3, 0.4) is 0 Å². The van der Waals surface area contributed by atoms with E-state index in [0.29, 0.717) is 17.1 Å². The number of ether oxygens (including phenoxy) is 2. The van der Waals surface area contributed by atoms with Crippen molar-refractivity contribution in [3.8, 4) is 16.9 Å². The van der Waals surface area contributed by atoms with E-state index in [1.165, 1.54) is 54.3 Å². The Bertz CT molecular complexity index is 1810. The van der Waals surface area contributed by atoms with Crippen LogP contribution in [-0.4, -0.2) is 50.6 Å². The van der Waals surface area contributed by atoms with Crippen molar-refractivity contribution in [2.24, 2.45) is 11.7 Å². The van der Waals surface area contributed by atoms with Gasteiger partial charge in [0.1, 0.15) is 0 Å². The molecule has 3 aromatic heterocycles. The predicted octanol–water partition coefficient (Wildman–Crippen LogP) is 5.81. The van der Waals surface area contributed by atoms with Crippen LogP contribution in [-0.2, 0) is 22.5 Å². The van der Waals surface area contributed by atoms with Crippen molar-refractivity contribution < 1.29 is 41.0 Å². The Kier molecular flexibility index (Phi) is 7.64. The molecule has 0 saturated heterocycles. The van der Waals surface area contributed by atoms with Crippen LogP contribution in [0.1, 0.15) is 47.6 Å². The molecular formula is C29H24ClF5N6O4. The molecule has 1 atom stereocenters. The molecule has 2 N–H and O–H groups in total. The first-order chi connectivity index (χ1) is 21.2. The van der Waals surface area contributed by atoms with Crippen LogP contribution in [0.5, 0.6) is 5.75 Å². The van der Waals surface area contributed by atoms with Gasteiger partial charge >= 0.3 is 18.4 Å². The standard InChI is InChI=1S/C29H24ClF5N6O4/c1-14(13-44-29(33,34)35)41-26-19(11-38-41)23(24(25(36)42)20(39-26)8-15-2-3-15)16-4-7-21-22(9-16)45-28(31,32)27(43)40(21)12-18-6-5-17(30)10-37-18/h4-7,9-11,14-15H,2-3,8,12-13H2,1H3,(H2,36,42)/t14-/m0/s1. The zero-order valence-electron chi connectivity index (χ0n) is 23.4. The van der Waals surface area contributed by atoms with Crippen LogP contribution in [0.15, 0.2) is 42.7 Å². The number of alkyl halides is 5. The largest absolute Gasteiger partial charge is 0.522 e. The zero-order valence-corrected chi connectivity index (χ0v) is 24.2. The molecule has 2 aliphatic rings. The fourth-order valence-corrected chi connectivity index (χ4v) is 5.38. The van der Waals surface area contributed by atoms with Gasteiger partial charge in [-0.2, -0.15) is 13.9 Å². The number of benzene rings is 1. The molecule has 0 spiro atoms. The lowest BCUT2D eigenvalue weighted by Gasteiger charge is -2.33. The summed E-state index contributed by atoms with van der Waals surface area (Å²) in [5.74, 6) is -2.60. The van der Waals surface area contributed by atoms with Crippen LogP contribution >= 0.6 is 11.6 Å². The second kappa shape index (κ2) is 11.2. The van der Waals surface area contributed by atoms with Gasteiger partial charge in [0.15, 0.2) is 11.4 Å². The molecule has 4 aromatic rings. The van der Waals surface area contributed by atoms with Gasteiger partial charge in [-0.05, 0) is 61.9 Å². The average molecular weight is 651 g/mol. The summed E-state index contributed by atoms with van der Waals surface area (Å²) >= 11 is 5.88. The Balaban J connectivity index is 1.49. The van der Waals surface area contributed by atoms with Gasteiger partial charge in [-0.25, -0.2) is 9.67 Å². The quantitative estimate of drug-likeness (QED) is 0.227. The summed E-state index contributed by atoms with van der Waals surface area (Å²) in [4.78, 5) is 35.2. The van der Waals surface area contributed by atoms with Crippen molar-refractivity contribution in [2.75, 3.05) is 11.5 Å². The Morgan fingerprint density at radius 1 is 1.22 bits per heavy atom. The molecule has 45 heavy (non-hydrogen) atoms. The van der Waals surface area contributed by atoms with E-state index >= 15 is 0 Å². The second-order valence-corrected chi connectivity index (χ2v) is 11.3. The van der Waals surface area contributed by atoms with Gasteiger partial charge < -0.3 is 10.5 Å². The Morgan fingerprint density at radius 3 is 2.62 bits per heavy atom. The molecule has 0 radical (unpaired) electrons.